The number of carbonyl (C=O) groups excluding carboxylic acids is 1. The predicted molar refractivity (Wildman–Crippen MR) is 113 cm³/mol. The maximum Gasteiger partial charge on any atom is 0.193 e. The molecule has 0 heterocycles. The summed E-state index contributed by atoms with van der Waals surface area (Å²) in [5, 5.41) is 4.36. The third-order valence-corrected chi connectivity index (χ3v) is 4.20. The lowest BCUT2D eigenvalue weighted by Gasteiger charge is -2.10. The van der Waals surface area contributed by atoms with Crippen molar-refractivity contribution in [3.8, 4) is 0 Å². The molecular weight excluding hydrogens is 373 g/mol. The first kappa shape index (κ1) is 19.4. The minimum atomic E-state index is -0.386. The highest BCUT2D eigenvalue weighted by molar-refractivity contribution is 7.80. The van der Waals surface area contributed by atoms with Crippen molar-refractivity contribution < 1.29 is 9.18 Å². The lowest BCUT2D eigenvalue weighted by Crippen LogP contribution is -2.26. The molecule has 0 fully saturated rings. The first-order chi connectivity index (χ1) is 13.4. The van der Waals surface area contributed by atoms with Crippen LogP contribution in [-0.4, -0.2) is 16.6 Å². The molecule has 3 rings (SSSR count). The Labute approximate surface area is 167 Å². The van der Waals surface area contributed by atoms with E-state index in [4.69, 9.17) is 18.0 Å². The Morgan fingerprint density at radius 1 is 0.929 bits per heavy atom. The predicted octanol–water partition coefficient (Wildman–Crippen LogP) is 3.95. The average molecular weight is 391 g/mol. The summed E-state index contributed by atoms with van der Waals surface area (Å²) in [7, 11) is 0. The molecule has 4 nitrogen and oxygen atoms in total. The smallest absolute Gasteiger partial charge is 0.193 e. The van der Waals surface area contributed by atoms with Crippen molar-refractivity contribution in [1.82, 2.24) is 5.43 Å². The number of nitrogens with two attached hydrogens (primary N) is 1. The molecule has 3 aromatic carbocycles. The van der Waals surface area contributed by atoms with Crippen LogP contribution in [0.1, 0.15) is 32.6 Å². The highest BCUT2D eigenvalue weighted by Gasteiger charge is 2.13. The van der Waals surface area contributed by atoms with E-state index in [2.05, 4.69) is 10.5 Å². The molecule has 0 aliphatic rings. The van der Waals surface area contributed by atoms with Crippen molar-refractivity contribution in [2.45, 2.75) is 6.92 Å². The molecule has 6 heteroatoms. The molecule has 3 aromatic rings. The first-order valence-corrected chi connectivity index (χ1v) is 8.96. The van der Waals surface area contributed by atoms with E-state index in [1.54, 1.807) is 18.2 Å². The van der Waals surface area contributed by atoms with Crippen LogP contribution >= 0.6 is 12.2 Å². The second kappa shape index (κ2) is 8.54. The second-order valence-electron chi connectivity index (χ2n) is 6.22. The monoisotopic (exact) mass is 391 g/mol. The molecule has 0 amide bonds. The maximum absolute atomic E-state index is 13.1. The summed E-state index contributed by atoms with van der Waals surface area (Å²) in [6.45, 7) is 2.00. The molecule has 0 spiro atoms. The molecule has 0 atom stereocenters. The SMILES string of the molecule is Cc1ccc(C(=NNC(N)=S)c2cccc(C(=O)c3ccc(F)cc3)c2)cc1. The average Bonchev–Trinajstić information content (AvgIpc) is 2.69. The van der Waals surface area contributed by atoms with Crippen LogP contribution in [0.25, 0.3) is 0 Å². The molecule has 28 heavy (non-hydrogen) atoms. The zero-order valence-corrected chi connectivity index (χ0v) is 16.0. The Bertz CT molecular complexity index is 1040. The van der Waals surface area contributed by atoms with Gasteiger partial charge in [0.1, 0.15) is 5.82 Å². The Morgan fingerprint density at radius 2 is 1.54 bits per heavy atom. The van der Waals surface area contributed by atoms with Crippen LogP contribution in [-0.2, 0) is 0 Å². The number of hydrazone groups is 1. The Hall–Kier alpha value is -3.38. The van der Waals surface area contributed by atoms with Crippen molar-refractivity contribution >= 4 is 28.8 Å². The fourth-order valence-electron chi connectivity index (χ4n) is 2.69. The van der Waals surface area contributed by atoms with Gasteiger partial charge in [0.05, 0.1) is 5.71 Å². The second-order valence-corrected chi connectivity index (χ2v) is 6.66. The molecule has 140 valence electrons. The van der Waals surface area contributed by atoms with Gasteiger partial charge in [0.15, 0.2) is 10.9 Å². The van der Waals surface area contributed by atoms with E-state index in [1.807, 2.05) is 37.3 Å². The number of hydrogen-bond donors (Lipinski definition) is 2. The van der Waals surface area contributed by atoms with Gasteiger partial charge in [0.25, 0.3) is 0 Å². The van der Waals surface area contributed by atoms with E-state index in [0.29, 0.717) is 16.8 Å². The zero-order valence-electron chi connectivity index (χ0n) is 15.1. The third kappa shape index (κ3) is 4.66. The van der Waals surface area contributed by atoms with E-state index in [0.717, 1.165) is 16.7 Å². The number of benzene rings is 3. The fraction of sp³-hybridized carbons (Fsp3) is 0.0455. The minimum absolute atomic E-state index is 0.0446. The van der Waals surface area contributed by atoms with Gasteiger partial charge < -0.3 is 5.73 Å². The molecule has 0 saturated heterocycles. The summed E-state index contributed by atoms with van der Waals surface area (Å²) in [6.07, 6.45) is 0. The van der Waals surface area contributed by atoms with Gasteiger partial charge in [-0.1, -0.05) is 48.0 Å². The van der Waals surface area contributed by atoms with Crippen molar-refractivity contribution in [2.75, 3.05) is 0 Å². The van der Waals surface area contributed by atoms with Crippen LogP contribution in [0.15, 0.2) is 77.9 Å². The van der Waals surface area contributed by atoms with Crippen LogP contribution < -0.4 is 11.2 Å². The minimum Gasteiger partial charge on any atom is -0.375 e. The number of nitrogens with one attached hydrogen (secondary N) is 1. The molecule has 0 radical (unpaired) electrons. The molecule has 0 aliphatic heterocycles. The van der Waals surface area contributed by atoms with Crippen LogP contribution in [0.4, 0.5) is 4.39 Å². The summed E-state index contributed by atoms with van der Waals surface area (Å²) < 4.78 is 13.1. The van der Waals surface area contributed by atoms with Crippen LogP contribution in [0.2, 0.25) is 0 Å². The number of carbonyl (C=O) groups is 1. The summed E-state index contributed by atoms with van der Waals surface area (Å²) >= 11 is 4.85. The van der Waals surface area contributed by atoms with Crippen molar-refractivity contribution in [1.29, 1.82) is 0 Å². The summed E-state index contributed by atoms with van der Waals surface area (Å²) in [6, 6.07) is 20.4. The highest BCUT2D eigenvalue weighted by atomic mass is 32.1. The van der Waals surface area contributed by atoms with Gasteiger partial charge in [-0.15, -0.1) is 0 Å². The van der Waals surface area contributed by atoms with Crippen LogP contribution in [0.5, 0.6) is 0 Å². The third-order valence-electron chi connectivity index (χ3n) is 4.11. The molecule has 0 aromatic heterocycles. The Morgan fingerprint density at radius 3 is 2.18 bits per heavy atom. The molecule has 0 unspecified atom stereocenters. The number of thiocarbonyl (C=S) groups is 1. The number of hydrogen-bond acceptors (Lipinski definition) is 3. The maximum atomic E-state index is 13.1. The number of rotatable bonds is 5. The van der Waals surface area contributed by atoms with Crippen LogP contribution in [0.3, 0.4) is 0 Å². The van der Waals surface area contributed by atoms with Gasteiger partial charge in [-0.25, -0.2) is 4.39 Å². The van der Waals surface area contributed by atoms with Crippen LogP contribution in [0, 0.1) is 12.7 Å². The van der Waals surface area contributed by atoms with Gasteiger partial charge in [-0.3, -0.25) is 10.2 Å². The molecule has 0 saturated carbocycles. The van der Waals surface area contributed by atoms with Crippen molar-refractivity contribution in [3.05, 3.63) is 106 Å². The topological polar surface area (TPSA) is 67.5 Å². The summed E-state index contributed by atoms with van der Waals surface area (Å²) in [5.74, 6) is -0.588. The molecule has 3 N–H and O–H groups in total. The quantitative estimate of drug-likeness (QED) is 0.299. The number of aryl methyl sites for hydroxylation is 1. The standard InChI is InChI=1S/C22H18FN3OS/c1-14-5-7-15(8-6-14)20(25-26-22(24)28)17-3-2-4-18(13-17)21(27)16-9-11-19(23)12-10-16/h2-13H,1H3,(H3,24,26,28). The fourth-order valence-corrected chi connectivity index (χ4v) is 2.74. The van der Waals surface area contributed by atoms with Gasteiger partial charge >= 0.3 is 0 Å². The van der Waals surface area contributed by atoms with Gasteiger partial charge in [0.2, 0.25) is 0 Å². The van der Waals surface area contributed by atoms with Gasteiger partial charge in [-0.2, -0.15) is 5.10 Å². The largest absolute Gasteiger partial charge is 0.375 e. The Balaban J connectivity index is 2.01. The number of nitrogens with zero attached hydrogens (tertiary/aromatic N) is 1. The summed E-state index contributed by atoms with van der Waals surface area (Å²) in [5.41, 5.74) is 12.3. The summed E-state index contributed by atoms with van der Waals surface area (Å²) in [4.78, 5) is 12.8. The molecular formula is C22H18FN3OS. The lowest BCUT2D eigenvalue weighted by molar-refractivity contribution is 0.103. The van der Waals surface area contributed by atoms with Crippen molar-refractivity contribution in [2.24, 2.45) is 10.8 Å². The first-order valence-electron chi connectivity index (χ1n) is 8.55. The van der Waals surface area contributed by atoms with E-state index in [-0.39, 0.29) is 16.7 Å². The Kier molecular flexibility index (Phi) is 5.91. The number of halogens is 1. The van der Waals surface area contributed by atoms with E-state index in [9.17, 15) is 9.18 Å². The highest BCUT2D eigenvalue weighted by Crippen LogP contribution is 2.17. The normalized spacial score (nSPS) is 11.1. The lowest BCUT2D eigenvalue weighted by atomic mass is 9.96. The zero-order chi connectivity index (χ0) is 20.1. The number of ketones is 1. The molecule has 0 bridgehead atoms. The molecule has 0 aliphatic carbocycles. The van der Waals surface area contributed by atoms with E-state index in [1.165, 1.54) is 24.3 Å². The van der Waals surface area contributed by atoms with Crippen molar-refractivity contribution in [3.63, 3.8) is 0 Å². The van der Waals surface area contributed by atoms with Gasteiger partial charge in [0, 0.05) is 22.3 Å². The van der Waals surface area contributed by atoms with E-state index >= 15 is 0 Å². The van der Waals surface area contributed by atoms with Gasteiger partial charge in [-0.05, 0) is 49.5 Å². The van der Waals surface area contributed by atoms with E-state index < -0.39 is 0 Å².